The summed E-state index contributed by atoms with van der Waals surface area (Å²) >= 11 is 0. The van der Waals surface area contributed by atoms with Crippen LogP contribution < -0.4 is 10.1 Å². The molecule has 0 amide bonds. The molecule has 12 heavy (non-hydrogen) atoms. The lowest BCUT2D eigenvalue weighted by Gasteiger charge is -2.08. The molecule has 0 unspecified atom stereocenters. The average molecular weight is 167 g/mol. The van der Waals surface area contributed by atoms with Gasteiger partial charge in [-0.1, -0.05) is 0 Å². The topological polar surface area (TPSA) is 39.1 Å². The number of hydrogen-bond donors (Lipinski definition) is 1. The predicted octanol–water partition coefficient (Wildman–Crippen LogP) is 0.161. The largest absolute Gasteiger partial charge is 0.486 e. The molecule has 4 heteroatoms. The van der Waals surface area contributed by atoms with E-state index in [2.05, 4.69) is 10.4 Å². The van der Waals surface area contributed by atoms with Gasteiger partial charge in [0, 0.05) is 13.6 Å². The molecule has 1 aromatic heterocycles. The third kappa shape index (κ3) is 1.58. The zero-order valence-corrected chi connectivity index (χ0v) is 7.16. The van der Waals surface area contributed by atoms with E-state index in [1.165, 1.54) is 0 Å². The van der Waals surface area contributed by atoms with Crippen molar-refractivity contribution < 1.29 is 4.74 Å². The van der Waals surface area contributed by atoms with Gasteiger partial charge in [-0.05, 0) is 13.0 Å². The molecular formula is C8H13N3O. The molecule has 0 radical (unpaired) electrons. The Morgan fingerprint density at radius 2 is 2.67 bits per heavy atom. The number of nitrogens with one attached hydrogen (secondary N) is 1. The molecule has 0 spiro atoms. The second-order valence-corrected chi connectivity index (χ2v) is 3.08. The van der Waals surface area contributed by atoms with Crippen molar-refractivity contribution in [3.63, 3.8) is 0 Å². The molecule has 0 aromatic carbocycles. The first kappa shape index (κ1) is 7.61. The Kier molecular flexibility index (Phi) is 1.99. The van der Waals surface area contributed by atoms with Gasteiger partial charge >= 0.3 is 0 Å². The van der Waals surface area contributed by atoms with E-state index < -0.39 is 0 Å². The van der Waals surface area contributed by atoms with Gasteiger partial charge in [0.1, 0.15) is 6.10 Å². The van der Waals surface area contributed by atoms with Crippen molar-refractivity contribution in [2.45, 2.75) is 12.5 Å². The number of aromatic nitrogens is 2. The van der Waals surface area contributed by atoms with Gasteiger partial charge in [0.15, 0.2) is 5.75 Å². The lowest BCUT2D eigenvalue weighted by atomic mass is 10.3. The van der Waals surface area contributed by atoms with Crippen LogP contribution in [-0.4, -0.2) is 29.0 Å². The first-order chi connectivity index (χ1) is 5.84. The highest BCUT2D eigenvalue weighted by Gasteiger charge is 2.15. The van der Waals surface area contributed by atoms with Crippen LogP contribution in [0, 0.1) is 0 Å². The van der Waals surface area contributed by atoms with Crippen LogP contribution in [0.15, 0.2) is 12.4 Å². The highest BCUT2D eigenvalue weighted by molar-refractivity contribution is 5.12. The Balaban J connectivity index is 1.94. The molecule has 1 N–H and O–H groups in total. The molecule has 4 nitrogen and oxygen atoms in total. The minimum atomic E-state index is 0.328. The number of hydrogen-bond acceptors (Lipinski definition) is 3. The fourth-order valence-corrected chi connectivity index (χ4v) is 1.38. The zero-order chi connectivity index (χ0) is 8.39. The highest BCUT2D eigenvalue weighted by atomic mass is 16.5. The third-order valence-electron chi connectivity index (χ3n) is 2.00. The quantitative estimate of drug-likeness (QED) is 0.682. The van der Waals surface area contributed by atoms with Crippen LogP contribution >= 0.6 is 0 Å². The summed E-state index contributed by atoms with van der Waals surface area (Å²) in [5.74, 6) is 0.867. The Morgan fingerprint density at radius 3 is 3.25 bits per heavy atom. The van der Waals surface area contributed by atoms with Crippen molar-refractivity contribution in [2.75, 3.05) is 13.1 Å². The number of ether oxygens (including phenoxy) is 1. The van der Waals surface area contributed by atoms with Crippen molar-refractivity contribution in [3.05, 3.63) is 12.4 Å². The van der Waals surface area contributed by atoms with E-state index in [9.17, 15) is 0 Å². The van der Waals surface area contributed by atoms with Gasteiger partial charge < -0.3 is 10.1 Å². The average Bonchev–Trinajstić information content (AvgIpc) is 2.63. The van der Waals surface area contributed by atoms with Gasteiger partial charge in [0.05, 0.1) is 12.4 Å². The molecule has 1 aliphatic heterocycles. The Hall–Kier alpha value is -1.03. The van der Waals surface area contributed by atoms with Gasteiger partial charge in [-0.15, -0.1) is 0 Å². The summed E-state index contributed by atoms with van der Waals surface area (Å²) in [6, 6.07) is 0. The van der Waals surface area contributed by atoms with E-state index in [1.54, 1.807) is 10.9 Å². The van der Waals surface area contributed by atoms with E-state index in [0.29, 0.717) is 6.10 Å². The lowest BCUT2D eigenvalue weighted by Crippen LogP contribution is -2.19. The molecule has 0 aliphatic carbocycles. The number of aryl methyl sites for hydroxylation is 1. The monoisotopic (exact) mass is 167 g/mol. The van der Waals surface area contributed by atoms with Crippen LogP contribution in [0.5, 0.6) is 5.75 Å². The summed E-state index contributed by atoms with van der Waals surface area (Å²) in [5, 5.41) is 7.28. The SMILES string of the molecule is Cn1cc(O[C@H]2CCNC2)cn1. The third-order valence-corrected chi connectivity index (χ3v) is 2.00. The summed E-state index contributed by atoms with van der Waals surface area (Å²) < 4.78 is 7.40. The van der Waals surface area contributed by atoms with Gasteiger partial charge in [-0.25, -0.2) is 0 Å². The van der Waals surface area contributed by atoms with Crippen LogP contribution in [0.4, 0.5) is 0 Å². The van der Waals surface area contributed by atoms with Crippen LogP contribution in [0.2, 0.25) is 0 Å². The maximum absolute atomic E-state index is 5.65. The molecule has 1 aromatic rings. The van der Waals surface area contributed by atoms with Crippen LogP contribution in [-0.2, 0) is 7.05 Å². The molecular weight excluding hydrogens is 154 g/mol. The van der Waals surface area contributed by atoms with Crippen molar-refractivity contribution in [1.29, 1.82) is 0 Å². The van der Waals surface area contributed by atoms with E-state index in [-0.39, 0.29) is 0 Å². The maximum Gasteiger partial charge on any atom is 0.157 e. The molecule has 0 saturated carbocycles. The Bertz CT molecular complexity index is 253. The van der Waals surface area contributed by atoms with E-state index in [1.807, 2.05) is 13.2 Å². The van der Waals surface area contributed by atoms with E-state index in [0.717, 1.165) is 25.3 Å². The van der Waals surface area contributed by atoms with Crippen molar-refractivity contribution >= 4 is 0 Å². The van der Waals surface area contributed by atoms with Gasteiger partial charge in [-0.3, -0.25) is 4.68 Å². The Morgan fingerprint density at radius 1 is 1.75 bits per heavy atom. The maximum atomic E-state index is 5.65. The summed E-state index contributed by atoms with van der Waals surface area (Å²) in [5.41, 5.74) is 0. The molecule has 1 saturated heterocycles. The fourth-order valence-electron chi connectivity index (χ4n) is 1.38. The van der Waals surface area contributed by atoms with Crippen molar-refractivity contribution in [3.8, 4) is 5.75 Å². The van der Waals surface area contributed by atoms with Crippen molar-refractivity contribution in [1.82, 2.24) is 15.1 Å². The molecule has 1 aliphatic rings. The molecule has 66 valence electrons. The Labute approximate surface area is 71.5 Å². The van der Waals surface area contributed by atoms with E-state index in [4.69, 9.17) is 4.74 Å². The number of nitrogens with zero attached hydrogens (tertiary/aromatic N) is 2. The van der Waals surface area contributed by atoms with Gasteiger partial charge in [-0.2, -0.15) is 5.10 Å². The zero-order valence-electron chi connectivity index (χ0n) is 7.16. The standard InChI is InChI=1S/C8H13N3O/c1-11-6-8(5-10-11)12-7-2-3-9-4-7/h5-7,9H,2-4H2,1H3/t7-/m0/s1. The minimum absolute atomic E-state index is 0.328. The van der Waals surface area contributed by atoms with Crippen LogP contribution in [0.1, 0.15) is 6.42 Å². The fraction of sp³-hybridized carbons (Fsp3) is 0.625. The molecule has 1 fully saturated rings. The van der Waals surface area contributed by atoms with Gasteiger partial charge in [0.25, 0.3) is 0 Å². The molecule has 2 heterocycles. The smallest absolute Gasteiger partial charge is 0.157 e. The molecule has 0 bridgehead atoms. The lowest BCUT2D eigenvalue weighted by molar-refractivity contribution is 0.223. The first-order valence-electron chi connectivity index (χ1n) is 4.20. The molecule has 1 atom stereocenters. The predicted molar refractivity (Wildman–Crippen MR) is 45.1 cm³/mol. The van der Waals surface area contributed by atoms with Gasteiger partial charge in [0.2, 0.25) is 0 Å². The normalized spacial score (nSPS) is 22.9. The summed E-state index contributed by atoms with van der Waals surface area (Å²) in [7, 11) is 1.89. The second-order valence-electron chi connectivity index (χ2n) is 3.08. The summed E-state index contributed by atoms with van der Waals surface area (Å²) in [6.45, 7) is 2.01. The second kappa shape index (κ2) is 3.15. The minimum Gasteiger partial charge on any atom is -0.486 e. The first-order valence-corrected chi connectivity index (χ1v) is 4.20. The summed E-state index contributed by atoms with van der Waals surface area (Å²) in [4.78, 5) is 0. The van der Waals surface area contributed by atoms with Crippen LogP contribution in [0.3, 0.4) is 0 Å². The molecule has 2 rings (SSSR count). The highest BCUT2D eigenvalue weighted by Crippen LogP contribution is 2.12. The summed E-state index contributed by atoms with van der Waals surface area (Å²) in [6.07, 6.45) is 5.06. The van der Waals surface area contributed by atoms with E-state index >= 15 is 0 Å². The van der Waals surface area contributed by atoms with Crippen LogP contribution in [0.25, 0.3) is 0 Å². The van der Waals surface area contributed by atoms with Crippen molar-refractivity contribution in [2.24, 2.45) is 7.05 Å². The number of rotatable bonds is 2.